The smallest absolute Gasteiger partial charge is 0.194 e. The number of hydrazone groups is 1. The van der Waals surface area contributed by atoms with Crippen molar-refractivity contribution in [2.75, 3.05) is 7.05 Å². The van der Waals surface area contributed by atoms with Gasteiger partial charge in [0.15, 0.2) is 17.5 Å². The minimum atomic E-state index is -1.45. The molecule has 0 amide bonds. The fraction of sp³-hybridized carbons (Fsp3) is 0.438. The van der Waals surface area contributed by atoms with Crippen LogP contribution in [0.15, 0.2) is 22.8 Å². The van der Waals surface area contributed by atoms with Crippen molar-refractivity contribution in [1.82, 2.24) is 5.01 Å². The Bertz CT molecular complexity index is 534. The van der Waals surface area contributed by atoms with Crippen LogP contribution in [-0.2, 0) is 0 Å². The maximum atomic E-state index is 13.5. The number of allylic oxidation sites excluding steroid dienone is 1. The molecule has 0 saturated heterocycles. The van der Waals surface area contributed by atoms with E-state index < -0.39 is 17.5 Å². The lowest BCUT2D eigenvalue weighted by atomic mass is 9.99. The normalized spacial score (nSPS) is 15.5. The number of halogens is 3. The molecular weight excluding hydrogens is 277 g/mol. The molecule has 0 aliphatic heterocycles. The third-order valence-electron chi connectivity index (χ3n) is 3.83. The van der Waals surface area contributed by atoms with Crippen LogP contribution in [0, 0.1) is 17.5 Å². The maximum absolute atomic E-state index is 13.5. The number of nitrogens with zero attached hydrogens (tertiary/aromatic N) is 2. The predicted octanol–water partition coefficient (Wildman–Crippen LogP) is 4.72. The molecule has 0 N–H and O–H groups in total. The number of rotatable bonds is 3. The molecule has 5 heteroatoms. The van der Waals surface area contributed by atoms with Gasteiger partial charge >= 0.3 is 0 Å². The van der Waals surface area contributed by atoms with Crippen LogP contribution in [0.2, 0.25) is 0 Å². The monoisotopic (exact) mass is 296 g/mol. The summed E-state index contributed by atoms with van der Waals surface area (Å²) in [6.07, 6.45) is 6.08. The van der Waals surface area contributed by atoms with Crippen LogP contribution in [0.25, 0.3) is 5.70 Å². The zero-order valence-electron chi connectivity index (χ0n) is 12.1. The Morgan fingerprint density at radius 1 is 1.05 bits per heavy atom. The van der Waals surface area contributed by atoms with E-state index in [1.54, 1.807) is 7.05 Å². The molecule has 0 heterocycles. The Hall–Kier alpha value is -1.78. The molecule has 1 saturated carbocycles. The average molecular weight is 296 g/mol. The summed E-state index contributed by atoms with van der Waals surface area (Å²) in [6.45, 7) is 3.47. The molecule has 114 valence electrons. The fourth-order valence-corrected chi connectivity index (χ4v) is 2.77. The third-order valence-corrected chi connectivity index (χ3v) is 3.83. The Morgan fingerprint density at radius 2 is 1.57 bits per heavy atom. The van der Waals surface area contributed by atoms with Crippen molar-refractivity contribution in [2.45, 2.75) is 38.5 Å². The Balaban J connectivity index is 2.54. The molecule has 1 fully saturated rings. The van der Waals surface area contributed by atoms with E-state index in [9.17, 15) is 13.2 Å². The van der Waals surface area contributed by atoms with Gasteiger partial charge in [0.05, 0.1) is 5.70 Å². The quantitative estimate of drug-likeness (QED) is 0.341. The molecule has 0 radical (unpaired) electrons. The van der Waals surface area contributed by atoms with E-state index in [1.165, 1.54) is 5.01 Å². The lowest BCUT2D eigenvalue weighted by Gasteiger charge is -2.22. The van der Waals surface area contributed by atoms with Crippen LogP contribution in [0.5, 0.6) is 0 Å². The highest BCUT2D eigenvalue weighted by Crippen LogP contribution is 2.32. The lowest BCUT2D eigenvalue weighted by molar-refractivity contribution is 0.444. The molecule has 1 aliphatic carbocycles. The van der Waals surface area contributed by atoms with Crippen molar-refractivity contribution < 1.29 is 13.2 Å². The van der Waals surface area contributed by atoms with Crippen LogP contribution in [0.4, 0.5) is 13.2 Å². The summed E-state index contributed by atoms with van der Waals surface area (Å²) in [7, 11) is 1.68. The number of hydrogen-bond acceptors (Lipinski definition) is 2. The van der Waals surface area contributed by atoms with Crippen LogP contribution in [0.3, 0.4) is 0 Å². The number of hydrogen-bond donors (Lipinski definition) is 0. The van der Waals surface area contributed by atoms with Crippen molar-refractivity contribution in [2.24, 2.45) is 5.10 Å². The second-order valence-corrected chi connectivity index (χ2v) is 5.29. The van der Waals surface area contributed by atoms with E-state index in [0.717, 1.165) is 56.2 Å². The molecule has 0 atom stereocenters. The Morgan fingerprint density at radius 3 is 2.05 bits per heavy atom. The molecule has 0 spiro atoms. The van der Waals surface area contributed by atoms with Gasteiger partial charge < -0.3 is 0 Å². The highest BCUT2D eigenvalue weighted by Gasteiger charge is 2.19. The highest BCUT2D eigenvalue weighted by atomic mass is 19.2. The topological polar surface area (TPSA) is 15.6 Å². The first kappa shape index (κ1) is 15.6. The first-order valence-electron chi connectivity index (χ1n) is 7.12. The largest absolute Gasteiger partial charge is 0.269 e. The highest BCUT2D eigenvalue weighted by molar-refractivity contribution is 5.67. The van der Waals surface area contributed by atoms with E-state index in [2.05, 4.69) is 11.8 Å². The van der Waals surface area contributed by atoms with Crippen molar-refractivity contribution in [3.05, 3.63) is 40.7 Å². The van der Waals surface area contributed by atoms with Gasteiger partial charge in [-0.05, 0) is 43.4 Å². The van der Waals surface area contributed by atoms with Gasteiger partial charge in [0.25, 0.3) is 0 Å². The molecule has 0 bridgehead atoms. The lowest BCUT2D eigenvalue weighted by Crippen LogP contribution is -2.13. The minimum absolute atomic E-state index is 0.304. The van der Waals surface area contributed by atoms with Crippen molar-refractivity contribution in [1.29, 1.82) is 0 Å². The minimum Gasteiger partial charge on any atom is -0.269 e. The molecule has 2 nitrogen and oxygen atoms in total. The van der Waals surface area contributed by atoms with Gasteiger partial charge in [0.2, 0.25) is 0 Å². The SMILES string of the molecule is C=NN(C)C(=C1CCCCCC1)c1cc(F)c(F)c(F)c1. The van der Waals surface area contributed by atoms with E-state index >= 15 is 0 Å². The van der Waals surface area contributed by atoms with Crippen molar-refractivity contribution >= 4 is 12.4 Å². The van der Waals surface area contributed by atoms with Crippen molar-refractivity contribution in [3.63, 3.8) is 0 Å². The molecule has 0 aromatic heterocycles. The molecule has 1 aliphatic rings. The third kappa shape index (κ3) is 3.46. The molecule has 2 rings (SSSR count). The van der Waals surface area contributed by atoms with Crippen LogP contribution in [-0.4, -0.2) is 18.8 Å². The van der Waals surface area contributed by atoms with Crippen LogP contribution in [0.1, 0.15) is 44.1 Å². The van der Waals surface area contributed by atoms with Crippen LogP contribution < -0.4 is 0 Å². The number of benzene rings is 1. The first-order chi connectivity index (χ1) is 10.0. The van der Waals surface area contributed by atoms with Gasteiger partial charge in [-0.3, -0.25) is 5.01 Å². The average Bonchev–Trinajstić information content (AvgIpc) is 2.74. The van der Waals surface area contributed by atoms with E-state index in [0.29, 0.717) is 11.3 Å². The van der Waals surface area contributed by atoms with Gasteiger partial charge in [-0.1, -0.05) is 12.8 Å². The van der Waals surface area contributed by atoms with Gasteiger partial charge in [0.1, 0.15) is 0 Å². The summed E-state index contributed by atoms with van der Waals surface area (Å²) in [5.74, 6) is -3.82. The fourth-order valence-electron chi connectivity index (χ4n) is 2.77. The second-order valence-electron chi connectivity index (χ2n) is 5.29. The Labute approximate surface area is 123 Å². The van der Waals surface area contributed by atoms with Gasteiger partial charge in [-0.2, -0.15) is 5.10 Å². The summed E-state index contributed by atoms with van der Waals surface area (Å²) in [5, 5.41) is 5.35. The zero-order chi connectivity index (χ0) is 15.4. The molecule has 0 unspecified atom stereocenters. The maximum Gasteiger partial charge on any atom is 0.194 e. The summed E-state index contributed by atoms with van der Waals surface area (Å²) in [4.78, 5) is 0. The van der Waals surface area contributed by atoms with E-state index in [-0.39, 0.29) is 0 Å². The zero-order valence-corrected chi connectivity index (χ0v) is 12.1. The van der Waals surface area contributed by atoms with Crippen LogP contribution >= 0.6 is 0 Å². The standard InChI is InChI=1S/C16H19F3N2/c1-20-21(2)16(11-7-5-3-4-6-8-11)12-9-13(17)15(19)14(18)10-12/h9-10H,1,3-8H2,2H3. The Kier molecular flexibility index (Phi) is 5.04. The molecule has 21 heavy (non-hydrogen) atoms. The van der Waals surface area contributed by atoms with Gasteiger partial charge in [0, 0.05) is 19.3 Å². The molecule has 1 aromatic rings. The summed E-state index contributed by atoms with van der Waals surface area (Å²) >= 11 is 0. The van der Waals surface area contributed by atoms with E-state index in [4.69, 9.17) is 0 Å². The summed E-state index contributed by atoms with van der Waals surface area (Å²) in [5.41, 5.74) is 2.02. The first-order valence-corrected chi connectivity index (χ1v) is 7.12. The predicted molar refractivity (Wildman–Crippen MR) is 78.3 cm³/mol. The van der Waals surface area contributed by atoms with E-state index in [1.807, 2.05) is 0 Å². The molecule has 1 aromatic carbocycles. The second kappa shape index (κ2) is 6.78. The molecular formula is C16H19F3N2. The van der Waals surface area contributed by atoms with Gasteiger partial charge in [-0.25, -0.2) is 13.2 Å². The summed E-state index contributed by atoms with van der Waals surface area (Å²) < 4.78 is 40.2. The van der Waals surface area contributed by atoms with Crippen molar-refractivity contribution in [3.8, 4) is 0 Å². The summed E-state index contributed by atoms with van der Waals surface area (Å²) in [6, 6.07) is 2.04. The van der Waals surface area contributed by atoms with Gasteiger partial charge in [-0.15, -0.1) is 0 Å².